The van der Waals surface area contributed by atoms with E-state index in [0.717, 1.165) is 21.3 Å². The molecule has 0 aliphatic carbocycles. The molecular weight excluding hydrogens is 350 g/mol. The molecule has 0 spiro atoms. The molecule has 106 valence electrons. The quantitative estimate of drug-likeness (QED) is 0.848. The first-order valence-corrected chi connectivity index (χ1v) is 7.72. The van der Waals surface area contributed by atoms with Gasteiger partial charge in [-0.1, -0.05) is 57.9 Å². The summed E-state index contributed by atoms with van der Waals surface area (Å²) >= 11 is 9.81. The molecule has 21 heavy (non-hydrogen) atoms. The Bertz CT molecular complexity index is 726. The van der Waals surface area contributed by atoms with Gasteiger partial charge in [0.15, 0.2) is 0 Å². The van der Waals surface area contributed by atoms with Crippen molar-refractivity contribution in [2.75, 3.05) is 0 Å². The van der Waals surface area contributed by atoms with Crippen molar-refractivity contribution in [3.8, 4) is 0 Å². The number of hydrogen-bond donors (Lipinski definition) is 1. The van der Waals surface area contributed by atoms with Crippen LogP contribution < -0.4 is 5.73 Å². The first kappa shape index (κ1) is 14.3. The fourth-order valence-electron chi connectivity index (χ4n) is 2.43. The fraction of sp³-hybridized carbons (Fsp3) is 0.125. The number of hydrogen-bond acceptors (Lipinski definition) is 3. The van der Waals surface area contributed by atoms with Gasteiger partial charge >= 0.3 is 0 Å². The zero-order chi connectivity index (χ0) is 14.8. The van der Waals surface area contributed by atoms with E-state index in [9.17, 15) is 0 Å². The first-order chi connectivity index (χ1) is 10.1. The van der Waals surface area contributed by atoms with Crippen LogP contribution in [-0.2, 0) is 0 Å². The third-order valence-electron chi connectivity index (χ3n) is 3.44. The van der Waals surface area contributed by atoms with E-state index in [2.05, 4.69) is 38.3 Å². The summed E-state index contributed by atoms with van der Waals surface area (Å²) in [4.78, 5) is 0. The molecule has 0 amide bonds. The van der Waals surface area contributed by atoms with E-state index in [0.29, 0.717) is 17.3 Å². The van der Waals surface area contributed by atoms with E-state index < -0.39 is 0 Å². The lowest BCUT2D eigenvalue weighted by Crippen LogP contribution is -2.26. The van der Waals surface area contributed by atoms with Gasteiger partial charge in [-0.2, -0.15) is 5.10 Å². The largest absolute Gasteiger partial charge is 0.386 e. The van der Waals surface area contributed by atoms with Crippen molar-refractivity contribution in [2.24, 2.45) is 15.9 Å². The van der Waals surface area contributed by atoms with Gasteiger partial charge in [0.25, 0.3) is 0 Å². The molecule has 1 aliphatic rings. The van der Waals surface area contributed by atoms with E-state index >= 15 is 0 Å². The number of halogens is 2. The molecule has 5 heteroatoms. The lowest BCUT2D eigenvalue weighted by molar-refractivity contribution is 0.887. The Balaban J connectivity index is 2.11. The molecule has 1 heterocycles. The van der Waals surface area contributed by atoms with Gasteiger partial charge in [-0.15, -0.1) is 5.10 Å². The van der Waals surface area contributed by atoms with Crippen LogP contribution in [-0.4, -0.2) is 11.5 Å². The molecule has 2 aromatic carbocycles. The number of rotatable bonds is 2. The number of amidine groups is 1. The molecule has 0 aromatic heterocycles. The van der Waals surface area contributed by atoms with Crippen LogP contribution in [0.5, 0.6) is 0 Å². The zero-order valence-corrected chi connectivity index (χ0v) is 13.5. The molecule has 0 radical (unpaired) electrons. The molecule has 0 saturated heterocycles. The second-order valence-electron chi connectivity index (χ2n) is 4.87. The standard InChI is InChI=1S/C16H13BrClN3/c17-11-6-7-14(18)13(8-11)16-12(9-15(19)20-21-16)10-4-2-1-3-5-10/h1-8,12H,9H2,(H2,19,20). The van der Waals surface area contributed by atoms with Crippen LogP contribution in [0.4, 0.5) is 0 Å². The highest BCUT2D eigenvalue weighted by molar-refractivity contribution is 9.10. The van der Waals surface area contributed by atoms with Gasteiger partial charge in [-0.05, 0) is 23.8 Å². The van der Waals surface area contributed by atoms with Crippen LogP contribution in [0.2, 0.25) is 5.02 Å². The van der Waals surface area contributed by atoms with Gasteiger partial charge in [0, 0.05) is 27.4 Å². The number of benzene rings is 2. The molecule has 0 fully saturated rings. The van der Waals surface area contributed by atoms with Crippen LogP contribution in [0, 0.1) is 0 Å². The summed E-state index contributed by atoms with van der Waals surface area (Å²) in [6.45, 7) is 0. The summed E-state index contributed by atoms with van der Waals surface area (Å²) in [7, 11) is 0. The van der Waals surface area contributed by atoms with E-state index in [1.807, 2.05) is 36.4 Å². The Labute approximate surface area is 136 Å². The Morgan fingerprint density at radius 1 is 1.10 bits per heavy atom. The van der Waals surface area contributed by atoms with Crippen LogP contribution in [0.1, 0.15) is 23.5 Å². The van der Waals surface area contributed by atoms with E-state index in [1.165, 1.54) is 0 Å². The normalized spacial score (nSPS) is 18.1. The topological polar surface area (TPSA) is 50.7 Å². The van der Waals surface area contributed by atoms with Crippen molar-refractivity contribution in [3.63, 3.8) is 0 Å². The first-order valence-electron chi connectivity index (χ1n) is 6.55. The predicted molar refractivity (Wildman–Crippen MR) is 91.1 cm³/mol. The van der Waals surface area contributed by atoms with Gasteiger partial charge in [0.1, 0.15) is 5.84 Å². The summed E-state index contributed by atoms with van der Waals surface area (Å²) < 4.78 is 0.957. The highest BCUT2D eigenvalue weighted by atomic mass is 79.9. The molecule has 3 nitrogen and oxygen atoms in total. The van der Waals surface area contributed by atoms with E-state index in [-0.39, 0.29) is 5.92 Å². The minimum atomic E-state index is 0.0653. The maximum absolute atomic E-state index is 6.34. The van der Waals surface area contributed by atoms with Crippen LogP contribution >= 0.6 is 27.5 Å². The molecule has 0 bridgehead atoms. The third kappa shape index (κ3) is 3.01. The summed E-state index contributed by atoms with van der Waals surface area (Å²) in [5.74, 6) is 0.606. The Morgan fingerprint density at radius 3 is 2.62 bits per heavy atom. The minimum absolute atomic E-state index is 0.0653. The second kappa shape index (κ2) is 6.00. The molecular formula is C16H13BrClN3. The van der Waals surface area contributed by atoms with Crippen LogP contribution in [0.3, 0.4) is 0 Å². The molecule has 1 aliphatic heterocycles. The molecule has 2 aromatic rings. The lowest BCUT2D eigenvalue weighted by atomic mass is 9.86. The van der Waals surface area contributed by atoms with Crippen molar-refractivity contribution in [1.29, 1.82) is 0 Å². The monoisotopic (exact) mass is 361 g/mol. The summed E-state index contributed by atoms with van der Waals surface area (Å²) in [5.41, 5.74) is 8.76. The summed E-state index contributed by atoms with van der Waals surface area (Å²) in [5, 5.41) is 9.02. The average Bonchev–Trinajstić information content (AvgIpc) is 2.51. The molecule has 3 rings (SSSR count). The Kier molecular flexibility index (Phi) is 4.08. The van der Waals surface area contributed by atoms with Gasteiger partial charge in [-0.3, -0.25) is 0 Å². The van der Waals surface area contributed by atoms with Crippen molar-refractivity contribution in [2.45, 2.75) is 12.3 Å². The maximum Gasteiger partial charge on any atom is 0.123 e. The minimum Gasteiger partial charge on any atom is -0.386 e. The number of nitrogens with zero attached hydrogens (tertiary/aromatic N) is 2. The van der Waals surface area contributed by atoms with Crippen LogP contribution in [0.25, 0.3) is 0 Å². The molecule has 0 saturated carbocycles. The SMILES string of the molecule is NC1=NN=C(c2cc(Br)ccc2Cl)C(c2ccccc2)C1. The van der Waals surface area contributed by atoms with Gasteiger partial charge < -0.3 is 5.73 Å². The van der Waals surface area contributed by atoms with Crippen molar-refractivity contribution < 1.29 is 0 Å². The van der Waals surface area contributed by atoms with E-state index in [4.69, 9.17) is 17.3 Å². The maximum atomic E-state index is 6.34. The van der Waals surface area contributed by atoms with Gasteiger partial charge in [-0.25, -0.2) is 0 Å². The van der Waals surface area contributed by atoms with Gasteiger partial charge in [0.05, 0.1) is 5.71 Å². The van der Waals surface area contributed by atoms with E-state index in [1.54, 1.807) is 0 Å². The molecule has 1 unspecified atom stereocenters. The average molecular weight is 363 g/mol. The van der Waals surface area contributed by atoms with Crippen molar-refractivity contribution >= 4 is 39.1 Å². The zero-order valence-electron chi connectivity index (χ0n) is 11.1. The Morgan fingerprint density at radius 2 is 1.86 bits per heavy atom. The fourth-order valence-corrected chi connectivity index (χ4v) is 3.01. The Hall–Kier alpha value is -1.65. The van der Waals surface area contributed by atoms with Crippen molar-refractivity contribution in [1.82, 2.24) is 0 Å². The van der Waals surface area contributed by atoms with Crippen LogP contribution in [0.15, 0.2) is 63.2 Å². The number of nitrogens with two attached hydrogens (primary N) is 1. The highest BCUT2D eigenvalue weighted by Gasteiger charge is 2.26. The summed E-state index contributed by atoms with van der Waals surface area (Å²) in [6.07, 6.45) is 0.645. The third-order valence-corrected chi connectivity index (χ3v) is 4.26. The summed E-state index contributed by atoms with van der Waals surface area (Å²) in [6, 6.07) is 15.9. The van der Waals surface area contributed by atoms with Crippen molar-refractivity contribution in [3.05, 3.63) is 69.2 Å². The smallest absolute Gasteiger partial charge is 0.123 e. The second-order valence-corrected chi connectivity index (χ2v) is 6.19. The highest BCUT2D eigenvalue weighted by Crippen LogP contribution is 2.32. The van der Waals surface area contributed by atoms with Gasteiger partial charge in [0.2, 0.25) is 0 Å². The molecule has 1 atom stereocenters. The molecule has 2 N–H and O–H groups in total. The predicted octanol–water partition coefficient (Wildman–Crippen LogP) is 4.35. The lowest BCUT2D eigenvalue weighted by Gasteiger charge is -2.22.